The molecule has 0 aliphatic rings. The van der Waals surface area contributed by atoms with Crippen LogP contribution in [0.5, 0.6) is 0 Å². The summed E-state index contributed by atoms with van der Waals surface area (Å²) < 4.78 is 0. The van der Waals surface area contributed by atoms with Gasteiger partial charge in [-0.15, -0.1) is 0 Å². The summed E-state index contributed by atoms with van der Waals surface area (Å²) in [6.07, 6.45) is 2.24. The van der Waals surface area contributed by atoms with E-state index >= 15 is 0 Å². The molecule has 1 aromatic carbocycles. The zero-order chi connectivity index (χ0) is 17.9. The summed E-state index contributed by atoms with van der Waals surface area (Å²) in [5.41, 5.74) is 2.59. The molecule has 5 heteroatoms. The lowest BCUT2D eigenvalue weighted by atomic mass is 9.94. The average molecular weight is 334 g/mol. The van der Waals surface area contributed by atoms with Crippen molar-refractivity contribution in [1.82, 2.24) is 10.6 Å². The first-order chi connectivity index (χ1) is 11.5. The summed E-state index contributed by atoms with van der Waals surface area (Å²) in [7, 11) is 0. The SMILES string of the molecule is CCCc1ccc([C@H]([NH2+]CC(=O)NCC(=O)NCC)C(C)C)cc1. The third-order valence-corrected chi connectivity index (χ3v) is 4.00. The summed E-state index contributed by atoms with van der Waals surface area (Å²) in [4.78, 5) is 23.3. The second-order valence-electron chi connectivity index (χ2n) is 6.43. The summed E-state index contributed by atoms with van der Waals surface area (Å²) in [6, 6.07) is 8.92. The Morgan fingerprint density at radius 3 is 2.25 bits per heavy atom. The van der Waals surface area contributed by atoms with Gasteiger partial charge in [-0.25, -0.2) is 0 Å². The second kappa shape index (κ2) is 10.8. The molecule has 1 aromatic rings. The van der Waals surface area contributed by atoms with Crippen molar-refractivity contribution in [3.8, 4) is 0 Å². The normalized spacial score (nSPS) is 12.0. The summed E-state index contributed by atoms with van der Waals surface area (Å²) in [5.74, 6) is 0.144. The Kier molecular flexibility index (Phi) is 9.08. The molecule has 0 aliphatic heterocycles. The fourth-order valence-corrected chi connectivity index (χ4v) is 2.73. The molecule has 0 radical (unpaired) electrons. The van der Waals surface area contributed by atoms with Gasteiger partial charge in [-0.2, -0.15) is 0 Å². The molecule has 0 unspecified atom stereocenters. The van der Waals surface area contributed by atoms with Crippen LogP contribution in [0.2, 0.25) is 0 Å². The van der Waals surface area contributed by atoms with Crippen LogP contribution >= 0.6 is 0 Å². The first-order valence-corrected chi connectivity index (χ1v) is 8.93. The number of hydrogen-bond acceptors (Lipinski definition) is 2. The van der Waals surface area contributed by atoms with Crippen LogP contribution in [0.1, 0.15) is 51.3 Å². The van der Waals surface area contributed by atoms with Crippen molar-refractivity contribution in [2.75, 3.05) is 19.6 Å². The van der Waals surface area contributed by atoms with Gasteiger partial charge in [0.05, 0.1) is 6.54 Å². The number of carbonyl (C=O) groups excluding carboxylic acids is 2. The van der Waals surface area contributed by atoms with Gasteiger partial charge in [-0.1, -0.05) is 51.5 Å². The van der Waals surface area contributed by atoms with Gasteiger partial charge in [-0.05, 0) is 18.9 Å². The van der Waals surface area contributed by atoms with Crippen LogP contribution in [-0.2, 0) is 16.0 Å². The molecule has 24 heavy (non-hydrogen) atoms. The molecule has 1 rings (SSSR count). The van der Waals surface area contributed by atoms with Gasteiger partial charge in [0.15, 0.2) is 6.54 Å². The van der Waals surface area contributed by atoms with Gasteiger partial charge >= 0.3 is 0 Å². The van der Waals surface area contributed by atoms with Crippen LogP contribution in [0, 0.1) is 5.92 Å². The fraction of sp³-hybridized carbons (Fsp3) is 0.579. The maximum Gasteiger partial charge on any atom is 0.275 e. The number of amides is 2. The standard InChI is InChI=1S/C19H31N3O2/c1-5-7-15-8-10-16(11-9-15)19(14(3)4)22-13-18(24)21-12-17(23)20-6-2/h8-11,14,19,22H,5-7,12-13H2,1-4H3,(H,20,23)(H,21,24)/p+1/t19-/m1/s1. The second-order valence-corrected chi connectivity index (χ2v) is 6.43. The van der Waals surface area contributed by atoms with Crippen molar-refractivity contribution in [1.29, 1.82) is 0 Å². The molecule has 0 saturated heterocycles. The molecule has 0 aliphatic carbocycles. The molecule has 0 fully saturated rings. The number of carbonyl (C=O) groups is 2. The number of quaternary nitrogens is 1. The predicted molar refractivity (Wildman–Crippen MR) is 96.5 cm³/mol. The average Bonchev–Trinajstić information content (AvgIpc) is 2.55. The number of nitrogens with one attached hydrogen (secondary N) is 2. The highest BCUT2D eigenvalue weighted by atomic mass is 16.2. The van der Waals surface area contributed by atoms with E-state index in [2.05, 4.69) is 55.7 Å². The molecule has 0 heterocycles. The molecule has 1 atom stereocenters. The van der Waals surface area contributed by atoms with Crippen molar-refractivity contribution in [2.45, 2.75) is 46.6 Å². The van der Waals surface area contributed by atoms with Crippen molar-refractivity contribution >= 4 is 11.8 Å². The fourth-order valence-electron chi connectivity index (χ4n) is 2.73. The molecule has 4 N–H and O–H groups in total. The predicted octanol–water partition coefficient (Wildman–Crippen LogP) is 1.15. The highest BCUT2D eigenvalue weighted by Crippen LogP contribution is 2.18. The third-order valence-electron chi connectivity index (χ3n) is 4.00. The summed E-state index contributed by atoms with van der Waals surface area (Å²) in [6.45, 7) is 9.29. The lowest BCUT2D eigenvalue weighted by Crippen LogP contribution is -2.88. The van der Waals surface area contributed by atoms with E-state index in [1.165, 1.54) is 11.1 Å². The van der Waals surface area contributed by atoms with E-state index in [0.29, 0.717) is 19.0 Å². The van der Waals surface area contributed by atoms with Gasteiger partial charge < -0.3 is 16.0 Å². The Morgan fingerprint density at radius 1 is 1.04 bits per heavy atom. The van der Waals surface area contributed by atoms with Gasteiger partial charge in [0.1, 0.15) is 6.04 Å². The Morgan fingerprint density at radius 2 is 1.71 bits per heavy atom. The zero-order valence-corrected chi connectivity index (χ0v) is 15.4. The molecule has 0 saturated carbocycles. The largest absolute Gasteiger partial charge is 0.355 e. The number of hydrogen-bond donors (Lipinski definition) is 3. The molecule has 0 aromatic heterocycles. The highest BCUT2D eigenvalue weighted by molar-refractivity contribution is 5.84. The Labute approximate surface area is 145 Å². The van der Waals surface area contributed by atoms with Crippen molar-refractivity contribution in [2.24, 2.45) is 5.92 Å². The van der Waals surface area contributed by atoms with Gasteiger partial charge in [0, 0.05) is 18.0 Å². The number of aryl methyl sites for hydroxylation is 1. The third kappa shape index (κ3) is 7.13. The van der Waals surface area contributed by atoms with E-state index in [9.17, 15) is 9.59 Å². The van der Waals surface area contributed by atoms with Crippen LogP contribution in [0.3, 0.4) is 0 Å². The van der Waals surface area contributed by atoms with Crippen LogP contribution in [0.15, 0.2) is 24.3 Å². The molecule has 0 bridgehead atoms. The van der Waals surface area contributed by atoms with E-state index < -0.39 is 0 Å². The van der Waals surface area contributed by atoms with E-state index in [1.54, 1.807) is 0 Å². The summed E-state index contributed by atoms with van der Waals surface area (Å²) >= 11 is 0. The van der Waals surface area contributed by atoms with Crippen molar-refractivity contribution in [3.63, 3.8) is 0 Å². The first-order valence-electron chi connectivity index (χ1n) is 8.93. The number of benzene rings is 1. The Balaban J connectivity index is 2.54. The minimum absolute atomic E-state index is 0.0403. The van der Waals surface area contributed by atoms with E-state index in [1.807, 2.05) is 12.2 Å². The van der Waals surface area contributed by atoms with Gasteiger partial charge in [-0.3, -0.25) is 9.59 Å². The zero-order valence-electron chi connectivity index (χ0n) is 15.4. The Bertz CT molecular complexity index is 512. The summed E-state index contributed by atoms with van der Waals surface area (Å²) in [5, 5.41) is 7.37. The van der Waals surface area contributed by atoms with E-state index in [0.717, 1.165) is 12.8 Å². The quantitative estimate of drug-likeness (QED) is 0.600. The van der Waals surface area contributed by atoms with Crippen LogP contribution in [-0.4, -0.2) is 31.4 Å². The first kappa shape index (κ1) is 20.2. The van der Waals surface area contributed by atoms with Crippen molar-refractivity contribution < 1.29 is 14.9 Å². The van der Waals surface area contributed by atoms with Crippen molar-refractivity contribution in [3.05, 3.63) is 35.4 Å². The van der Waals surface area contributed by atoms with E-state index in [4.69, 9.17) is 0 Å². The number of rotatable bonds is 10. The minimum atomic E-state index is -0.155. The topological polar surface area (TPSA) is 74.8 Å². The molecule has 2 amide bonds. The lowest BCUT2D eigenvalue weighted by molar-refractivity contribution is -0.692. The van der Waals surface area contributed by atoms with Crippen LogP contribution < -0.4 is 16.0 Å². The molecule has 134 valence electrons. The lowest BCUT2D eigenvalue weighted by Gasteiger charge is -2.20. The number of likely N-dealkylation sites (N-methyl/N-ethyl adjacent to an activating group) is 1. The van der Waals surface area contributed by atoms with Crippen LogP contribution in [0.4, 0.5) is 0 Å². The van der Waals surface area contributed by atoms with Crippen LogP contribution in [0.25, 0.3) is 0 Å². The Hall–Kier alpha value is -1.88. The molecule has 0 spiro atoms. The van der Waals surface area contributed by atoms with Gasteiger partial charge in [0.25, 0.3) is 5.91 Å². The molecular formula is C19H32N3O2+. The highest BCUT2D eigenvalue weighted by Gasteiger charge is 2.20. The molecular weight excluding hydrogens is 302 g/mol. The maximum atomic E-state index is 11.9. The van der Waals surface area contributed by atoms with E-state index in [-0.39, 0.29) is 24.4 Å². The monoisotopic (exact) mass is 334 g/mol. The number of nitrogens with two attached hydrogens (primary N) is 1. The molecule has 5 nitrogen and oxygen atoms in total. The maximum absolute atomic E-state index is 11.9. The minimum Gasteiger partial charge on any atom is -0.355 e. The smallest absolute Gasteiger partial charge is 0.275 e. The van der Waals surface area contributed by atoms with Gasteiger partial charge in [0.2, 0.25) is 5.91 Å².